The molecule has 0 spiro atoms. The van der Waals surface area contributed by atoms with Gasteiger partial charge in [0.15, 0.2) is 10.9 Å². The van der Waals surface area contributed by atoms with E-state index in [1.54, 1.807) is 13.8 Å². The molecule has 0 aliphatic heterocycles. The van der Waals surface area contributed by atoms with Crippen LogP contribution in [0.3, 0.4) is 0 Å². The lowest BCUT2D eigenvalue weighted by atomic mass is 10.1. The molecule has 0 aliphatic rings. The summed E-state index contributed by atoms with van der Waals surface area (Å²) in [5.74, 6) is -1.99. The van der Waals surface area contributed by atoms with Crippen molar-refractivity contribution >= 4 is 27.9 Å². The van der Waals surface area contributed by atoms with Crippen molar-refractivity contribution in [2.24, 2.45) is 5.92 Å². The molecule has 5 heteroatoms. The highest BCUT2D eigenvalue weighted by atomic mass is 79.9. The van der Waals surface area contributed by atoms with Crippen LogP contribution in [0, 0.1) is 5.92 Å². The molecule has 2 atom stereocenters. The number of carbonyl (C=O) groups excluding carboxylic acids is 2. The van der Waals surface area contributed by atoms with Gasteiger partial charge in [0, 0.05) is 5.56 Å². The summed E-state index contributed by atoms with van der Waals surface area (Å²) in [6.45, 7) is 3.70. The monoisotopic (exact) mass is 328 g/mol. The van der Waals surface area contributed by atoms with Crippen molar-refractivity contribution in [3.8, 4) is 0 Å². The van der Waals surface area contributed by atoms with Gasteiger partial charge >= 0.3 is 11.9 Å². The standard InChI is InChI=1S/C14H17BrO4/c1-3-11(13(16)18-4-2)14(17)19-12(15)10-8-6-5-7-9-10/h5-9,11-12H,3-4H2,1-2H3. The number of benzene rings is 1. The van der Waals surface area contributed by atoms with E-state index in [0.717, 1.165) is 5.56 Å². The van der Waals surface area contributed by atoms with Gasteiger partial charge in [0.25, 0.3) is 0 Å². The number of carbonyl (C=O) groups is 2. The summed E-state index contributed by atoms with van der Waals surface area (Å²) in [6, 6.07) is 9.23. The van der Waals surface area contributed by atoms with E-state index in [0.29, 0.717) is 6.42 Å². The molecule has 19 heavy (non-hydrogen) atoms. The highest BCUT2D eigenvalue weighted by Crippen LogP contribution is 2.25. The lowest BCUT2D eigenvalue weighted by Gasteiger charge is -2.16. The van der Waals surface area contributed by atoms with Gasteiger partial charge in [-0.3, -0.25) is 9.59 Å². The number of esters is 2. The zero-order chi connectivity index (χ0) is 14.3. The molecular weight excluding hydrogens is 312 g/mol. The van der Waals surface area contributed by atoms with E-state index in [4.69, 9.17) is 9.47 Å². The molecule has 0 saturated heterocycles. The fraction of sp³-hybridized carbons (Fsp3) is 0.429. The first-order chi connectivity index (χ1) is 9.10. The molecule has 0 radical (unpaired) electrons. The van der Waals surface area contributed by atoms with E-state index < -0.39 is 22.9 Å². The Morgan fingerprint density at radius 3 is 2.32 bits per heavy atom. The van der Waals surface area contributed by atoms with Gasteiger partial charge in [0.1, 0.15) is 0 Å². The van der Waals surface area contributed by atoms with Crippen LogP contribution in [-0.2, 0) is 19.1 Å². The molecule has 0 aromatic heterocycles. The molecule has 0 amide bonds. The van der Waals surface area contributed by atoms with E-state index in [1.807, 2.05) is 30.3 Å². The van der Waals surface area contributed by atoms with Crippen molar-refractivity contribution in [3.05, 3.63) is 35.9 Å². The Balaban J connectivity index is 2.65. The van der Waals surface area contributed by atoms with E-state index in [-0.39, 0.29) is 6.61 Å². The normalized spacial score (nSPS) is 13.4. The Hall–Kier alpha value is -1.36. The van der Waals surface area contributed by atoms with Crippen LogP contribution in [0.5, 0.6) is 0 Å². The number of rotatable bonds is 6. The van der Waals surface area contributed by atoms with Gasteiger partial charge in [-0.2, -0.15) is 0 Å². The second kappa shape index (κ2) is 7.94. The molecule has 1 rings (SSSR count). The topological polar surface area (TPSA) is 52.6 Å². The van der Waals surface area contributed by atoms with Gasteiger partial charge < -0.3 is 9.47 Å². The predicted molar refractivity (Wildman–Crippen MR) is 74.6 cm³/mol. The summed E-state index contributed by atoms with van der Waals surface area (Å²) in [4.78, 5) is 23.5. The third-order valence-corrected chi connectivity index (χ3v) is 3.26. The highest BCUT2D eigenvalue weighted by molar-refractivity contribution is 9.09. The number of hydrogen-bond donors (Lipinski definition) is 0. The van der Waals surface area contributed by atoms with Gasteiger partial charge in [-0.05, 0) is 29.3 Å². The molecule has 4 nitrogen and oxygen atoms in total. The molecule has 1 aromatic carbocycles. The molecule has 0 saturated carbocycles. The SMILES string of the molecule is CCOC(=O)C(CC)C(=O)OC(Br)c1ccccc1. The average molecular weight is 329 g/mol. The van der Waals surface area contributed by atoms with Crippen molar-refractivity contribution < 1.29 is 19.1 Å². The smallest absolute Gasteiger partial charge is 0.321 e. The van der Waals surface area contributed by atoms with E-state index in [9.17, 15) is 9.59 Å². The molecule has 0 bridgehead atoms. The summed E-state index contributed by atoms with van der Waals surface area (Å²) in [5.41, 5.74) is 0.814. The first-order valence-electron chi connectivity index (χ1n) is 6.16. The molecule has 2 unspecified atom stereocenters. The van der Waals surface area contributed by atoms with E-state index in [2.05, 4.69) is 15.9 Å². The third-order valence-electron chi connectivity index (χ3n) is 2.55. The lowest BCUT2D eigenvalue weighted by molar-refractivity contribution is -0.162. The number of halogens is 1. The van der Waals surface area contributed by atoms with Crippen LogP contribution >= 0.6 is 15.9 Å². The van der Waals surface area contributed by atoms with E-state index >= 15 is 0 Å². The van der Waals surface area contributed by atoms with Crippen molar-refractivity contribution in [2.45, 2.75) is 25.3 Å². The second-order valence-corrected chi connectivity index (χ2v) is 4.71. The largest absolute Gasteiger partial charge is 0.465 e. The minimum atomic E-state index is -0.872. The summed E-state index contributed by atoms with van der Waals surface area (Å²) in [7, 11) is 0. The van der Waals surface area contributed by atoms with Gasteiger partial charge in [0.05, 0.1) is 6.61 Å². The molecule has 104 valence electrons. The maximum Gasteiger partial charge on any atom is 0.321 e. The third kappa shape index (κ3) is 4.67. The highest BCUT2D eigenvalue weighted by Gasteiger charge is 2.29. The van der Waals surface area contributed by atoms with Gasteiger partial charge in [0.2, 0.25) is 0 Å². The lowest BCUT2D eigenvalue weighted by Crippen LogP contribution is -2.27. The Bertz CT molecular complexity index is 419. The van der Waals surface area contributed by atoms with Crippen LogP contribution in [0.2, 0.25) is 0 Å². The summed E-state index contributed by atoms with van der Waals surface area (Å²) in [5, 5.41) is -0.565. The number of ether oxygens (including phenoxy) is 2. The van der Waals surface area contributed by atoms with Gasteiger partial charge in [-0.15, -0.1) is 0 Å². The first kappa shape index (κ1) is 15.7. The zero-order valence-corrected chi connectivity index (χ0v) is 12.6. The minimum absolute atomic E-state index is 0.249. The summed E-state index contributed by atoms with van der Waals surface area (Å²) >= 11 is 3.28. The molecule has 0 N–H and O–H groups in total. The number of hydrogen-bond acceptors (Lipinski definition) is 4. The Labute approximate surface area is 121 Å². The fourth-order valence-corrected chi connectivity index (χ4v) is 2.02. The molecule has 0 aliphatic carbocycles. The van der Waals surface area contributed by atoms with Gasteiger partial charge in [-0.25, -0.2) is 0 Å². The van der Waals surface area contributed by atoms with Crippen molar-refractivity contribution in [3.63, 3.8) is 0 Å². The minimum Gasteiger partial charge on any atom is -0.465 e. The first-order valence-corrected chi connectivity index (χ1v) is 7.07. The molecule has 0 fully saturated rings. The Kier molecular flexibility index (Phi) is 6.56. The summed E-state index contributed by atoms with van der Waals surface area (Å²) < 4.78 is 10.1. The number of alkyl halides is 1. The molecule has 0 heterocycles. The average Bonchev–Trinajstić information content (AvgIpc) is 2.40. The quantitative estimate of drug-likeness (QED) is 0.457. The second-order valence-electron chi connectivity index (χ2n) is 3.88. The van der Waals surface area contributed by atoms with Gasteiger partial charge in [-0.1, -0.05) is 37.3 Å². The van der Waals surface area contributed by atoms with Crippen LogP contribution in [0.25, 0.3) is 0 Å². The molecule has 1 aromatic rings. The maximum atomic E-state index is 11.9. The van der Waals surface area contributed by atoms with Crippen LogP contribution in [0.15, 0.2) is 30.3 Å². The Morgan fingerprint density at radius 2 is 1.79 bits per heavy atom. The molecular formula is C14H17BrO4. The van der Waals surface area contributed by atoms with Crippen LogP contribution in [-0.4, -0.2) is 18.5 Å². The van der Waals surface area contributed by atoms with Crippen molar-refractivity contribution in [2.75, 3.05) is 6.61 Å². The van der Waals surface area contributed by atoms with Crippen molar-refractivity contribution in [1.82, 2.24) is 0 Å². The zero-order valence-electron chi connectivity index (χ0n) is 11.0. The van der Waals surface area contributed by atoms with E-state index in [1.165, 1.54) is 0 Å². The predicted octanol–water partition coefficient (Wildman–Crippen LogP) is 3.21. The summed E-state index contributed by atoms with van der Waals surface area (Å²) in [6.07, 6.45) is 0.353. The fourth-order valence-electron chi connectivity index (χ4n) is 1.53. The van der Waals surface area contributed by atoms with Crippen molar-refractivity contribution in [1.29, 1.82) is 0 Å². The Morgan fingerprint density at radius 1 is 1.16 bits per heavy atom. The van der Waals surface area contributed by atoms with Crippen LogP contribution in [0.1, 0.15) is 30.8 Å². The maximum absolute atomic E-state index is 11.9. The van der Waals surface area contributed by atoms with Crippen LogP contribution < -0.4 is 0 Å². The van der Waals surface area contributed by atoms with Crippen LogP contribution in [0.4, 0.5) is 0 Å².